The van der Waals surface area contributed by atoms with Crippen molar-refractivity contribution in [1.82, 2.24) is 0 Å². The molecule has 0 amide bonds. The average Bonchev–Trinajstić information content (AvgIpc) is 2.64. The molecule has 2 atom stereocenters. The first-order chi connectivity index (χ1) is 12.6. The number of hydrogen-bond donors (Lipinski definition) is 0. The van der Waals surface area contributed by atoms with Gasteiger partial charge in [0.05, 0.1) is 11.9 Å². The van der Waals surface area contributed by atoms with Gasteiger partial charge in [0.25, 0.3) is 0 Å². The Bertz CT molecular complexity index is 545. The third-order valence-corrected chi connectivity index (χ3v) is 5.58. The van der Waals surface area contributed by atoms with Crippen molar-refractivity contribution >= 4 is 17.0 Å². The van der Waals surface area contributed by atoms with Crippen molar-refractivity contribution in [2.24, 2.45) is 0 Å². The molecule has 0 radical (unpaired) electrons. The monoisotopic (exact) mass is 382 g/mol. The third kappa shape index (κ3) is 8.84. The number of unbranched alkanes of at least 4 members (excludes halogenated alkanes) is 7. The largest absolute Gasteiger partial charge is 0.462 e. The van der Waals surface area contributed by atoms with E-state index >= 15 is 0 Å². The zero-order chi connectivity index (χ0) is 19.2. The number of carbonyl (C=O) groups is 1. The van der Waals surface area contributed by atoms with Gasteiger partial charge < -0.3 is 8.92 Å². The zero-order valence-electron chi connectivity index (χ0n) is 16.5. The molecule has 0 N–H and O–H groups in total. The van der Waals surface area contributed by atoms with E-state index in [1.807, 2.05) is 6.92 Å². The Morgan fingerprint density at radius 2 is 1.62 bits per heavy atom. The van der Waals surface area contributed by atoms with Gasteiger partial charge in [-0.15, -0.1) is 0 Å². The van der Waals surface area contributed by atoms with Crippen molar-refractivity contribution in [3.8, 4) is 5.75 Å². The van der Waals surface area contributed by atoms with Gasteiger partial charge in [0, 0.05) is 0 Å². The van der Waals surface area contributed by atoms with Crippen LogP contribution in [0, 0.1) is 0 Å². The van der Waals surface area contributed by atoms with E-state index in [2.05, 4.69) is 6.92 Å². The molecule has 0 saturated heterocycles. The number of benzene rings is 1. The van der Waals surface area contributed by atoms with Gasteiger partial charge in [0.2, 0.25) is 11.1 Å². The lowest BCUT2D eigenvalue weighted by atomic mass is 10.1. The molecule has 4 nitrogen and oxygen atoms in total. The fourth-order valence-electron chi connectivity index (χ4n) is 2.75. The summed E-state index contributed by atoms with van der Waals surface area (Å²) in [6, 6.07) is 6.80. The number of hydrogen-bond acceptors (Lipinski definition) is 4. The van der Waals surface area contributed by atoms with Gasteiger partial charge in [-0.05, 0) is 32.4 Å². The predicted molar refractivity (Wildman–Crippen MR) is 108 cm³/mol. The molecule has 0 bridgehead atoms. The van der Waals surface area contributed by atoms with Gasteiger partial charge in [-0.3, -0.25) is 0 Å². The minimum Gasteiger partial charge on any atom is -0.462 e. The Hall–Kier alpha value is -1.36. The number of esters is 1. The van der Waals surface area contributed by atoms with E-state index in [1.165, 1.54) is 44.9 Å². The van der Waals surface area contributed by atoms with Crippen molar-refractivity contribution in [3.05, 3.63) is 29.8 Å². The van der Waals surface area contributed by atoms with Crippen LogP contribution in [0.5, 0.6) is 5.75 Å². The highest BCUT2D eigenvalue weighted by Gasteiger charge is 2.18. The first kappa shape index (κ1) is 22.7. The summed E-state index contributed by atoms with van der Waals surface area (Å²) in [4.78, 5) is 12.0. The number of para-hydroxylation sites is 1. The molecular weight excluding hydrogens is 348 g/mol. The molecule has 0 heterocycles. The summed E-state index contributed by atoms with van der Waals surface area (Å²) >= 11 is -1.47. The molecule has 1 aromatic carbocycles. The smallest absolute Gasteiger partial charge is 0.341 e. The van der Waals surface area contributed by atoms with Crippen molar-refractivity contribution < 1.29 is 17.9 Å². The molecule has 0 aliphatic heterocycles. The molecule has 2 unspecified atom stereocenters. The normalized spacial score (nSPS) is 13.2. The summed E-state index contributed by atoms with van der Waals surface area (Å²) in [6.07, 6.45) is 10.9. The lowest BCUT2D eigenvalue weighted by molar-refractivity contribution is 0.0524. The molecule has 0 fully saturated rings. The maximum atomic E-state index is 12.4. The minimum atomic E-state index is -1.47. The molecule has 0 aromatic heterocycles. The Morgan fingerprint density at radius 1 is 1.00 bits per heavy atom. The van der Waals surface area contributed by atoms with E-state index in [4.69, 9.17) is 8.92 Å². The second-order valence-electron chi connectivity index (χ2n) is 6.63. The Morgan fingerprint density at radius 3 is 2.27 bits per heavy atom. The SMILES string of the molecule is CCCCCCCCCCC(C)S(=O)Oc1ccccc1C(=O)OCC. The van der Waals surface area contributed by atoms with Crippen LogP contribution in [-0.4, -0.2) is 22.0 Å². The first-order valence-corrected chi connectivity index (χ1v) is 11.1. The van der Waals surface area contributed by atoms with Gasteiger partial charge in [-0.1, -0.05) is 70.4 Å². The van der Waals surface area contributed by atoms with Crippen molar-refractivity contribution in [2.45, 2.75) is 83.8 Å². The zero-order valence-corrected chi connectivity index (χ0v) is 17.3. The maximum absolute atomic E-state index is 12.4. The van der Waals surface area contributed by atoms with Crippen LogP contribution in [0.3, 0.4) is 0 Å². The van der Waals surface area contributed by atoms with Crippen molar-refractivity contribution in [3.63, 3.8) is 0 Å². The summed E-state index contributed by atoms with van der Waals surface area (Å²) in [5, 5.41) is -0.0645. The Labute approximate surface area is 161 Å². The fourth-order valence-corrected chi connectivity index (χ4v) is 3.60. The lowest BCUT2D eigenvalue weighted by Crippen LogP contribution is -2.17. The molecule has 148 valence electrons. The second-order valence-corrected chi connectivity index (χ2v) is 8.13. The summed E-state index contributed by atoms with van der Waals surface area (Å²) < 4.78 is 23.0. The molecular formula is C21H34O4S. The third-order valence-electron chi connectivity index (χ3n) is 4.35. The van der Waals surface area contributed by atoms with Crippen LogP contribution in [0.4, 0.5) is 0 Å². The van der Waals surface area contributed by atoms with E-state index in [0.717, 1.165) is 12.8 Å². The summed E-state index contributed by atoms with van der Waals surface area (Å²) in [5.74, 6) is -0.122. The number of ether oxygens (including phenoxy) is 1. The summed E-state index contributed by atoms with van der Waals surface area (Å²) in [7, 11) is 0. The van der Waals surface area contributed by atoms with Gasteiger partial charge >= 0.3 is 5.97 Å². The molecule has 26 heavy (non-hydrogen) atoms. The molecule has 0 aliphatic carbocycles. The van der Waals surface area contributed by atoms with Crippen LogP contribution < -0.4 is 4.18 Å². The van der Waals surface area contributed by atoms with E-state index in [0.29, 0.717) is 17.9 Å². The van der Waals surface area contributed by atoms with Crippen LogP contribution in [0.1, 0.15) is 88.9 Å². The van der Waals surface area contributed by atoms with E-state index in [-0.39, 0.29) is 5.25 Å². The van der Waals surface area contributed by atoms with Crippen LogP contribution in [-0.2, 0) is 15.8 Å². The number of rotatable bonds is 14. The second kappa shape index (κ2) is 13.8. The van der Waals surface area contributed by atoms with E-state index in [1.54, 1.807) is 31.2 Å². The highest BCUT2D eigenvalue weighted by atomic mass is 32.2. The number of carbonyl (C=O) groups excluding carboxylic acids is 1. The molecule has 1 rings (SSSR count). The van der Waals surface area contributed by atoms with E-state index in [9.17, 15) is 9.00 Å². The van der Waals surface area contributed by atoms with E-state index < -0.39 is 17.0 Å². The van der Waals surface area contributed by atoms with Crippen LogP contribution in [0.2, 0.25) is 0 Å². The molecule has 0 aliphatic rings. The Balaban J connectivity index is 2.35. The minimum absolute atomic E-state index is 0.0645. The standard InChI is InChI=1S/C21H34O4S/c1-4-6-7-8-9-10-11-12-15-18(3)26(23)25-20-17-14-13-16-19(20)21(22)24-5-2/h13-14,16-18H,4-12,15H2,1-3H3. The highest BCUT2D eigenvalue weighted by Crippen LogP contribution is 2.22. The lowest BCUT2D eigenvalue weighted by Gasteiger charge is -2.14. The van der Waals surface area contributed by atoms with Crippen LogP contribution >= 0.6 is 0 Å². The molecule has 0 saturated carbocycles. The Kier molecular flexibility index (Phi) is 12.0. The quantitative estimate of drug-likeness (QED) is 0.300. The molecule has 1 aromatic rings. The summed E-state index contributed by atoms with van der Waals surface area (Å²) in [6.45, 7) is 6.22. The van der Waals surface area contributed by atoms with Crippen LogP contribution in [0.15, 0.2) is 24.3 Å². The van der Waals surface area contributed by atoms with Gasteiger partial charge in [0.1, 0.15) is 5.56 Å². The first-order valence-electron chi connectivity index (χ1n) is 9.95. The fraction of sp³-hybridized carbons (Fsp3) is 0.667. The molecule has 0 spiro atoms. The van der Waals surface area contributed by atoms with Gasteiger partial charge in [0.15, 0.2) is 5.75 Å². The average molecular weight is 383 g/mol. The van der Waals surface area contributed by atoms with Crippen molar-refractivity contribution in [2.75, 3.05) is 6.61 Å². The molecule has 5 heteroatoms. The topological polar surface area (TPSA) is 52.6 Å². The van der Waals surface area contributed by atoms with Crippen LogP contribution in [0.25, 0.3) is 0 Å². The predicted octanol–water partition coefficient (Wildman–Crippen LogP) is 5.83. The van der Waals surface area contributed by atoms with Gasteiger partial charge in [-0.2, -0.15) is 0 Å². The van der Waals surface area contributed by atoms with Crippen molar-refractivity contribution in [1.29, 1.82) is 0 Å². The highest BCUT2D eigenvalue weighted by molar-refractivity contribution is 7.81. The summed E-state index contributed by atoms with van der Waals surface area (Å²) in [5.41, 5.74) is 0.321. The van der Waals surface area contributed by atoms with Gasteiger partial charge in [-0.25, -0.2) is 9.00 Å². The maximum Gasteiger partial charge on any atom is 0.341 e.